The van der Waals surface area contributed by atoms with Crippen LogP contribution in [-0.2, 0) is 6.18 Å². The zero-order chi connectivity index (χ0) is 19.8. The van der Waals surface area contributed by atoms with Gasteiger partial charge in [-0.05, 0) is 25.1 Å². The van der Waals surface area contributed by atoms with E-state index in [4.69, 9.17) is 5.26 Å². The van der Waals surface area contributed by atoms with Gasteiger partial charge >= 0.3 is 12.4 Å². The molecule has 0 spiro atoms. The van der Waals surface area contributed by atoms with Gasteiger partial charge in [-0.2, -0.15) is 36.7 Å². The second-order valence-corrected chi connectivity index (χ2v) is 5.59. The van der Waals surface area contributed by atoms with E-state index in [1.807, 2.05) is 0 Å². The van der Waals surface area contributed by atoms with Crippen LogP contribution >= 0.6 is 0 Å². The summed E-state index contributed by atoms with van der Waals surface area (Å²) in [5, 5.41) is 21.1. The predicted molar refractivity (Wildman–Crippen MR) is 77.8 cm³/mol. The second kappa shape index (κ2) is 6.49. The molecule has 1 aromatic carbocycles. The van der Waals surface area contributed by atoms with Crippen molar-refractivity contribution in [3.05, 3.63) is 29.3 Å². The van der Waals surface area contributed by atoms with Crippen molar-refractivity contribution in [2.45, 2.75) is 31.2 Å². The number of hydrazone groups is 1. The molecule has 0 bridgehead atoms. The summed E-state index contributed by atoms with van der Waals surface area (Å²) >= 11 is 0. The molecular formula is C14H11F6N5O. The summed E-state index contributed by atoms with van der Waals surface area (Å²) in [6.45, 7) is 1.23. The third-order valence-electron chi connectivity index (χ3n) is 3.58. The van der Waals surface area contributed by atoms with Crippen LogP contribution < -0.4 is 10.9 Å². The molecule has 140 valence electrons. The molecular weight excluding hydrogens is 368 g/mol. The summed E-state index contributed by atoms with van der Waals surface area (Å²) in [6.07, 6.45) is -10.2. The first-order valence-electron chi connectivity index (χ1n) is 6.92. The first-order chi connectivity index (χ1) is 11.9. The Morgan fingerprint density at radius 2 is 1.96 bits per heavy atom. The summed E-state index contributed by atoms with van der Waals surface area (Å²) in [4.78, 5) is 3.74. The highest BCUT2D eigenvalue weighted by Gasteiger charge is 2.47. The molecule has 0 amide bonds. The van der Waals surface area contributed by atoms with Crippen molar-refractivity contribution in [1.82, 2.24) is 10.9 Å². The molecule has 1 heterocycles. The average Bonchev–Trinajstić information content (AvgIpc) is 2.95. The van der Waals surface area contributed by atoms with E-state index >= 15 is 0 Å². The number of nitriles is 1. The maximum absolute atomic E-state index is 13.0. The van der Waals surface area contributed by atoms with Crippen molar-refractivity contribution >= 4 is 17.2 Å². The average molecular weight is 379 g/mol. The highest BCUT2D eigenvalue weighted by molar-refractivity contribution is 6.01. The highest BCUT2D eigenvalue weighted by Crippen LogP contribution is 2.35. The lowest BCUT2D eigenvalue weighted by molar-refractivity contribution is -0.137. The van der Waals surface area contributed by atoms with Gasteiger partial charge in [-0.3, -0.25) is 16.1 Å². The molecule has 26 heavy (non-hydrogen) atoms. The number of hydroxylamine groups is 1. The summed E-state index contributed by atoms with van der Waals surface area (Å²) in [5.74, 6) is -0.474. The minimum absolute atomic E-state index is 0.323. The molecule has 12 heteroatoms. The van der Waals surface area contributed by atoms with E-state index in [9.17, 15) is 31.5 Å². The second-order valence-electron chi connectivity index (χ2n) is 5.59. The van der Waals surface area contributed by atoms with Gasteiger partial charge in [-0.1, -0.05) is 0 Å². The van der Waals surface area contributed by atoms with Gasteiger partial charge in [0.15, 0.2) is 5.84 Å². The van der Waals surface area contributed by atoms with Crippen LogP contribution in [-0.4, -0.2) is 28.5 Å². The number of rotatable bonds is 2. The molecule has 3 N–H and O–H groups in total. The Balaban J connectivity index is 2.40. The van der Waals surface area contributed by atoms with Gasteiger partial charge in [0.25, 0.3) is 0 Å². The normalized spacial score (nSPS) is 21.0. The number of halogens is 6. The first-order valence-corrected chi connectivity index (χ1v) is 6.92. The quantitative estimate of drug-likeness (QED) is 0.318. The molecule has 0 aliphatic carbocycles. The monoisotopic (exact) mass is 379 g/mol. The molecule has 0 saturated carbocycles. The van der Waals surface area contributed by atoms with Gasteiger partial charge in [-0.15, -0.1) is 0 Å². The largest absolute Gasteiger partial charge is 0.431 e. The van der Waals surface area contributed by atoms with Crippen LogP contribution in [0.1, 0.15) is 24.5 Å². The van der Waals surface area contributed by atoms with Crippen molar-refractivity contribution in [1.29, 1.82) is 5.26 Å². The number of nitrogens with zero attached hydrogens (tertiary/aromatic N) is 3. The SMILES string of the molecule is CC1(/C(=N/c2ccc(C#N)c(C(F)(F)F)c2)NO)CC(C(F)(F)F)=NN1. The third kappa shape index (κ3) is 3.88. The number of nitrogens with one attached hydrogen (secondary N) is 2. The topological polar surface area (TPSA) is 92.8 Å². The lowest BCUT2D eigenvalue weighted by Crippen LogP contribution is -2.50. The number of benzene rings is 1. The fraction of sp³-hybridized carbons (Fsp3) is 0.357. The van der Waals surface area contributed by atoms with E-state index in [1.54, 1.807) is 5.48 Å². The van der Waals surface area contributed by atoms with Crippen LogP contribution in [0.15, 0.2) is 28.3 Å². The maximum atomic E-state index is 13.0. The van der Waals surface area contributed by atoms with Gasteiger partial charge in [0.2, 0.25) is 0 Å². The Labute approximate surface area is 142 Å². The smallest absolute Gasteiger partial charge is 0.296 e. The van der Waals surface area contributed by atoms with E-state index in [-0.39, 0.29) is 5.69 Å². The Hall–Kier alpha value is -2.81. The molecule has 1 aromatic rings. The van der Waals surface area contributed by atoms with Crippen LogP contribution in [0.25, 0.3) is 0 Å². The Morgan fingerprint density at radius 3 is 2.42 bits per heavy atom. The Bertz CT molecular complexity index is 808. The minimum atomic E-state index is -4.83. The third-order valence-corrected chi connectivity index (χ3v) is 3.58. The van der Waals surface area contributed by atoms with E-state index in [0.29, 0.717) is 6.07 Å². The summed E-state index contributed by atoms with van der Waals surface area (Å²) in [5.41, 5.74) is -1.23. The maximum Gasteiger partial charge on any atom is 0.431 e. The number of hydrogen-bond acceptors (Lipinski definition) is 5. The number of amidine groups is 1. The Morgan fingerprint density at radius 1 is 1.31 bits per heavy atom. The fourth-order valence-electron chi connectivity index (χ4n) is 2.24. The zero-order valence-corrected chi connectivity index (χ0v) is 13.0. The summed E-state index contributed by atoms with van der Waals surface area (Å²) in [6, 6.07) is 3.89. The molecule has 0 saturated heterocycles. The van der Waals surface area contributed by atoms with Gasteiger partial charge in [0, 0.05) is 6.42 Å². The molecule has 1 atom stereocenters. The highest BCUT2D eigenvalue weighted by atomic mass is 19.4. The molecule has 1 unspecified atom stereocenters. The van der Waals surface area contributed by atoms with Crippen LogP contribution in [0.3, 0.4) is 0 Å². The van der Waals surface area contributed by atoms with Crippen molar-refractivity contribution < 1.29 is 31.5 Å². The van der Waals surface area contributed by atoms with E-state index in [1.165, 1.54) is 13.0 Å². The van der Waals surface area contributed by atoms with Crippen LogP contribution in [0, 0.1) is 11.3 Å². The molecule has 1 aliphatic heterocycles. The lowest BCUT2D eigenvalue weighted by Gasteiger charge is -2.25. The lowest BCUT2D eigenvalue weighted by atomic mass is 9.95. The van der Waals surface area contributed by atoms with Crippen molar-refractivity contribution in [2.75, 3.05) is 0 Å². The van der Waals surface area contributed by atoms with E-state index in [2.05, 4.69) is 15.5 Å². The van der Waals surface area contributed by atoms with Crippen LogP contribution in [0.2, 0.25) is 0 Å². The molecule has 2 rings (SSSR count). The van der Waals surface area contributed by atoms with Crippen LogP contribution in [0.4, 0.5) is 32.0 Å². The van der Waals surface area contributed by atoms with E-state index in [0.717, 1.165) is 12.1 Å². The molecule has 0 aromatic heterocycles. The van der Waals surface area contributed by atoms with Gasteiger partial charge in [0.05, 0.1) is 22.9 Å². The van der Waals surface area contributed by atoms with Crippen molar-refractivity contribution in [2.24, 2.45) is 10.1 Å². The standard InChI is InChI=1S/C14H11F6N5O/c1-12(5-10(23-25-12)14(18,19)20)11(24-26)22-8-3-2-7(6-21)9(4-8)13(15,16)17/h2-4,25-26H,5H2,1H3,(H,22,24). The molecule has 6 nitrogen and oxygen atoms in total. The Kier molecular flexibility index (Phi) is 4.87. The summed E-state index contributed by atoms with van der Waals surface area (Å²) in [7, 11) is 0. The zero-order valence-electron chi connectivity index (χ0n) is 13.0. The van der Waals surface area contributed by atoms with Crippen molar-refractivity contribution in [3.8, 4) is 6.07 Å². The van der Waals surface area contributed by atoms with Gasteiger partial charge < -0.3 is 0 Å². The number of alkyl halides is 6. The number of aliphatic imine (C=N–C) groups is 1. The fourth-order valence-corrected chi connectivity index (χ4v) is 2.24. The van der Waals surface area contributed by atoms with Crippen LogP contribution in [0.5, 0.6) is 0 Å². The van der Waals surface area contributed by atoms with E-state index < -0.39 is 47.0 Å². The predicted octanol–water partition coefficient (Wildman–Crippen LogP) is 3.26. The molecule has 0 radical (unpaired) electrons. The van der Waals surface area contributed by atoms with Crippen molar-refractivity contribution in [3.63, 3.8) is 0 Å². The molecule has 0 fully saturated rings. The number of hydrogen-bond donors (Lipinski definition) is 3. The first kappa shape index (κ1) is 19.5. The minimum Gasteiger partial charge on any atom is -0.296 e. The summed E-state index contributed by atoms with van der Waals surface area (Å²) < 4.78 is 77.1. The van der Waals surface area contributed by atoms with Gasteiger partial charge in [0.1, 0.15) is 11.3 Å². The van der Waals surface area contributed by atoms with Gasteiger partial charge in [-0.25, -0.2) is 4.99 Å². The molecule has 1 aliphatic rings.